The van der Waals surface area contributed by atoms with Crippen molar-refractivity contribution < 1.29 is 14.3 Å². The minimum atomic E-state index is -0.509. The van der Waals surface area contributed by atoms with Crippen LogP contribution in [0.4, 0.5) is 0 Å². The van der Waals surface area contributed by atoms with Gasteiger partial charge >= 0.3 is 5.97 Å². The first-order chi connectivity index (χ1) is 13.1. The lowest BCUT2D eigenvalue weighted by atomic mass is 9.77. The van der Waals surface area contributed by atoms with Gasteiger partial charge in [-0.1, -0.05) is 18.2 Å². The lowest BCUT2D eigenvalue weighted by molar-refractivity contribution is -0.160. The van der Waals surface area contributed by atoms with Crippen molar-refractivity contribution in [1.82, 2.24) is 14.7 Å². The highest BCUT2D eigenvalue weighted by Gasteiger charge is 2.43. The number of carbonyl (C=O) groups is 1. The van der Waals surface area contributed by atoms with E-state index in [2.05, 4.69) is 10.00 Å². The number of piperidine rings is 1. The molecule has 0 bridgehead atoms. The second kappa shape index (κ2) is 9.04. The van der Waals surface area contributed by atoms with E-state index in [-0.39, 0.29) is 5.97 Å². The van der Waals surface area contributed by atoms with Crippen LogP contribution in [0.25, 0.3) is 0 Å². The maximum Gasteiger partial charge on any atom is 0.313 e. The average molecular weight is 371 g/mol. The molecule has 1 aliphatic heterocycles. The zero-order valence-corrected chi connectivity index (χ0v) is 16.3. The number of benzene rings is 1. The highest BCUT2D eigenvalue weighted by molar-refractivity contribution is 5.77. The van der Waals surface area contributed by atoms with Crippen LogP contribution < -0.4 is 4.74 Å². The summed E-state index contributed by atoms with van der Waals surface area (Å²) >= 11 is 0. The van der Waals surface area contributed by atoms with Crippen LogP contribution in [0.5, 0.6) is 5.75 Å². The van der Waals surface area contributed by atoms with Gasteiger partial charge < -0.3 is 9.47 Å². The second-order valence-corrected chi connectivity index (χ2v) is 7.25. The van der Waals surface area contributed by atoms with Crippen molar-refractivity contribution in [3.63, 3.8) is 0 Å². The SMILES string of the molecule is CCOC(=O)[C@]1(CCOc2ccccc2)CCCN(Cc2cnn(C)c2)C1. The van der Waals surface area contributed by atoms with Gasteiger partial charge in [-0.2, -0.15) is 5.10 Å². The molecule has 1 atom stereocenters. The Labute approximate surface area is 161 Å². The van der Waals surface area contributed by atoms with Crippen molar-refractivity contribution in [2.45, 2.75) is 32.7 Å². The Balaban J connectivity index is 1.66. The van der Waals surface area contributed by atoms with Crippen LogP contribution in [-0.4, -0.2) is 47.0 Å². The largest absolute Gasteiger partial charge is 0.494 e. The molecule has 0 N–H and O–H groups in total. The Kier molecular flexibility index (Phi) is 6.50. The summed E-state index contributed by atoms with van der Waals surface area (Å²) in [4.78, 5) is 15.2. The summed E-state index contributed by atoms with van der Waals surface area (Å²) in [6.07, 6.45) is 6.39. The highest BCUT2D eigenvalue weighted by Crippen LogP contribution is 2.36. The molecule has 0 saturated carbocycles. The van der Waals surface area contributed by atoms with E-state index in [4.69, 9.17) is 9.47 Å². The van der Waals surface area contributed by atoms with E-state index < -0.39 is 5.41 Å². The Morgan fingerprint density at radius 2 is 2.11 bits per heavy atom. The van der Waals surface area contributed by atoms with Crippen LogP contribution in [-0.2, 0) is 23.1 Å². The maximum atomic E-state index is 12.8. The van der Waals surface area contributed by atoms with Crippen LogP contribution >= 0.6 is 0 Å². The summed E-state index contributed by atoms with van der Waals surface area (Å²) < 4.78 is 13.1. The number of aryl methyl sites for hydroxylation is 1. The fourth-order valence-electron chi connectivity index (χ4n) is 3.81. The van der Waals surface area contributed by atoms with E-state index in [1.54, 1.807) is 0 Å². The molecule has 146 valence electrons. The summed E-state index contributed by atoms with van der Waals surface area (Å²) in [6.45, 7) is 5.25. The molecular weight excluding hydrogens is 342 g/mol. The zero-order valence-electron chi connectivity index (χ0n) is 16.3. The van der Waals surface area contributed by atoms with Gasteiger partial charge in [0.05, 0.1) is 24.8 Å². The van der Waals surface area contributed by atoms with E-state index in [0.717, 1.165) is 37.2 Å². The number of nitrogens with zero attached hydrogens (tertiary/aromatic N) is 3. The van der Waals surface area contributed by atoms with Crippen molar-refractivity contribution in [1.29, 1.82) is 0 Å². The number of likely N-dealkylation sites (tertiary alicyclic amines) is 1. The molecule has 0 unspecified atom stereocenters. The first-order valence-corrected chi connectivity index (χ1v) is 9.66. The van der Waals surface area contributed by atoms with Crippen LogP contribution in [0.15, 0.2) is 42.7 Å². The summed E-state index contributed by atoms with van der Waals surface area (Å²) in [5.74, 6) is 0.733. The van der Waals surface area contributed by atoms with E-state index in [1.165, 1.54) is 0 Å². The standard InChI is InChI=1S/C21H29N3O3/c1-3-26-20(25)21(11-13-27-19-8-5-4-6-9-19)10-7-12-24(17-21)16-18-14-22-23(2)15-18/h4-6,8-9,14-15H,3,7,10-13,16-17H2,1-2H3/t21-/m0/s1. The molecule has 2 aromatic rings. The van der Waals surface area contributed by atoms with E-state index in [0.29, 0.717) is 26.2 Å². The Hall–Kier alpha value is -2.34. The summed E-state index contributed by atoms with van der Waals surface area (Å²) in [5, 5.41) is 4.24. The molecule has 1 aromatic heterocycles. The quantitative estimate of drug-likeness (QED) is 0.668. The number of aromatic nitrogens is 2. The van der Waals surface area contributed by atoms with Crippen molar-refractivity contribution in [2.75, 3.05) is 26.3 Å². The number of para-hydroxylation sites is 1. The smallest absolute Gasteiger partial charge is 0.313 e. The Morgan fingerprint density at radius 1 is 1.30 bits per heavy atom. The number of hydrogen-bond acceptors (Lipinski definition) is 5. The molecule has 0 spiro atoms. The molecule has 27 heavy (non-hydrogen) atoms. The van der Waals surface area contributed by atoms with E-state index in [9.17, 15) is 4.79 Å². The molecule has 2 heterocycles. The Bertz CT molecular complexity index is 731. The van der Waals surface area contributed by atoms with Crippen LogP contribution in [0.1, 0.15) is 31.7 Å². The number of esters is 1. The molecule has 0 amide bonds. The minimum Gasteiger partial charge on any atom is -0.494 e. The van der Waals surface area contributed by atoms with Crippen LogP contribution in [0, 0.1) is 5.41 Å². The maximum absolute atomic E-state index is 12.8. The predicted octanol–water partition coefficient (Wildman–Crippen LogP) is 3.03. The van der Waals surface area contributed by atoms with Gasteiger partial charge in [-0.15, -0.1) is 0 Å². The first-order valence-electron chi connectivity index (χ1n) is 9.66. The molecule has 3 rings (SSSR count). The molecular formula is C21H29N3O3. The third-order valence-corrected chi connectivity index (χ3v) is 5.12. The van der Waals surface area contributed by atoms with Crippen molar-refractivity contribution in [2.24, 2.45) is 12.5 Å². The molecule has 6 heteroatoms. The molecule has 1 saturated heterocycles. The van der Waals surface area contributed by atoms with E-state index in [1.807, 2.05) is 61.4 Å². The predicted molar refractivity (Wildman–Crippen MR) is 103 cm³/mol. The second-order valence-electron chi connectivity index (χ2n) is 7.25. The number of carbonyl (C=O) groups excluding carboxylic acids is 1. The van der Waals surface area contributed by atoms with Crippen molar-refractivity contribution in [3.8, 4) is 5.75 Å². The fraction of sp³-hybridized carbons (Fsp3) is 0.524. The molecule has 1 fully saturated rings. The van der Waals surface area contributed by atoms with Gasteiger partial charge in [0.15, 0.2) is 0 Å². The highest BCUT2D eigenvalue weighted by atomic mass is 16.5. The number of rotatable bonds is 8. The summed E-state index contributed by atoms with van der Waals surface area (Å²) in [5.41, 5.74) is 0.656. The van der Waals surface area contributed by atoms with Gasteiger partial charge in [-0.25, -0.2) is 0 Å². The zero-order chi connectivity index (χ0) is 19.1. The van der Waals surface area contributed by atoms with Crippen LogP contribution in [0.2, 0.25) is 0 Å². The van der Waals surface area contributed by atoms with Crippen LogP contribution in [0.3, 0.4) is 0 Å². The van der Waals surface area contributed by atoms with Gasteiger partial charge in [0.1, 0.15) is 5.75 Å². The van der Waals surface area contributed by atoms with E-state index >= 15 is 0 Å². The minimum absolute atomic E-state index is 0.0995. The summed E-state index contributed by atoms with van der Waals surface area (Å²) in [7, 11) is 1.92. The summed E-state index contributed by atoms with van der Waals surface area (Å²) in [6, 6.07) is 9.74. The molecule has 1 aromatic carbocycles. The molecule has 6 nitrogen and oxygen atoms in total. The Morgan fingerprint density at radius 3 is 2.81 bits per heavy atom. The fourth-order valence-corrected chi connectivity index (χ4v) is 3.81. The average Bonchev–Trinajstić information content (AvgIpc) is 3.08. The molecule has 1 aliphatic rings. The third kappa shape index (κ3) is 5.10. The molecule has 0 radical (unpaired) electrons. The molecule has 0 aliphatic carbocycles. The van der Waals surface area contributed by atoms with Crippen molar-refractivity contribution >= 4 is 5.97 Å². The third-order valence-electron chi connectivity index (χ3n) is 5.12. The van der Waals surface area contributed by atoms with Gasteiger partial charge in [0, 0.05) is 31.9 Å². The van der Waals surface area contributed by atoms with Gasteiger partial charge in [-0.3, -0.25) is 14.4 Å². The monoisotopic (exact) mass is 371 g/mol. The lowest BCUT2D eigenvalue weighted by Gasteiger charge is -2.40. The van der Waals surface area contributed by atoms with Crippen molar-refractivity contribution in [3.05, 3.63) is 48.3 Å². The number of hydrogen-bond donors (Lipinski definition) is 0. The van der Waals surface area contributed by atoms with Gasteiger partial charge in [-0.05, 0) is 44.9 Å². The normalized spacial score (nSPS) is 20.4. The van der Waals surface area contributed by atoms with Gasteiger partial charge in [0.25, 0.3) is 0 Å². The first kappa shape index (κ1) is 19.4. The topological polar surface area (TPSA) is 56.6 Å². The van der Waals surface area contributed by atoms with Gasteiger partial charge in [0.2, 0.25) is 0 Å². The lowest BCUT2D eigenvalue weighted by Crippen LogP contribution is -2.49. The number of ether oxygens (including phenoxy) is 2.